The highest BCUT2D eigenvalue weighted by Crippen LogP contribution is 2.59. The second-order valence-electron chi connectivity index (χ2n) is 5.52. The van der Waals surface area contributed by atoms with Crippen LogP contribution in [-0.4, -0.2) is 17.8 Å². The average molecular weight is 264 g/mol. The van der Waals surface area contributed by atoms with Gasteiger partial charge in [-0.1, -0.05) is 24.3 Å². The molecule has 0 aromatic heterocycles. The quantitative estimate of drug-likeness (QED) is 0.835. The summed E-state index contributed by atoms with van der Waals surface area (Å²) in [6, 6.07) is 8.62. The molecule has 96 valence electrons. The third-order valence-electron chi connectivity index (χ3n) is 4.25. The fraction of sp³-hybridized carbons (Fsp3) is 0.533. The van der Waals surface area contributed by atoms with Crippen molar-refractivity contribution in [3.8, 4) is 0 Å². The van der Waals surface area contributed by atoms with E-state index in [1.54, 1.807) is 0 Å². The van der Waals surface area contributed by atoms with Gasteiger partial charge >= 0.3 is 0 Å². The van der Waals surface area contributed by atoms with Crippen LogP contribution in [0.15, 0.2) is 24.3 Å². The molecule has 0 aliphatic heterocycles. The second-order valence-corrected chi connectivity index (χ2v) is 5.83. The van der Waals surface area contributed by atoms with Gasteiger partial charge in [0.15, 0.2) is 0 Å². The number of carbonyl (C=O) groups excluding carboxylic acids is 1. The van der Waals surface area contributed by atoms with E-state index in [-0.39, 0.29) is 17.9 Å². The monoisotopic (exact) mass is 263 g/mol. The van der Waals surface area contributed by atoms with Crippen LogP contribution in [-0.2, 0) is 11.2 Å². The first-order valence-electron chi connectivity index (χ1n) is 6.66. The highest BCUT2D eigenvalue weighted by atomic mass is 35.5. The predicted molar refractivity (Wildman–Crippen MR) is 72.8 cm³/mol. The minimum Gasteiger partial charge on any atom is -0.352 e. The lowest BCUT2D eigenvalue weighted by atomic mass is 9.92. The molecule has 2 aliphatic rings. The number of hydrogen-bond acceptors (Lipinski definition) is 1. The van der Waals surface area contributed by atoms with Gasteiger partial charge in [-0.15, -0.1) is 11.6 Å². The van der Waals surface area contributed by atoms with Gasteiger partial charge in [0.25, 0.3) is 0 Å². The van der Waals surface area contributed by atoms with Gasteiger partial charge in [0, 0.05) is 17.8 Å². The van der Waals surface area contributed by atoms with Crippen molar-refractivity contribution in [3.05, 3.63) is 35.4 Å². The van der Waals surface area contributed by atoms with Crippen LogP contribution in [0.5, 0.6) is 0 Å². The fourth-order valence-corrected chi connectivity index (χ4v) is 3.38. The number of fused-ring (bicyclic) bond motifs is 3. The number of alkyl halides is 1. The highest BCUT2D eigenvalue weighted by molar-refractivity contribution is 6.18. The molecule has 0 saturated heterocycles. The maximum Gasteiger partial charge on any atom is 0.224 e. The summed E-state index contributed by atoms with van der Waals surface area (Å²) in [5.74, 6) is 1.86. The molecule has 18 heavy (non-hydrogen) atoms. The largest absolute Gasteiger partial charge is 0.352 e. The number of hydrogen-bond donors (Lipinski definition) is 1. The molecule has 4 atom stereocenters. The van der Waals surface area contributed by atoms with Crippen molar-refractivity contribution in [3.63, 3.8) is 0 Å². The lowest BCUT2D eigenvalue weighted by Gasteiger charge is -2.13. The van der Waals surface area contributed by atoms with Crippen LogP contribution >= 0.6 is 11.6 Å². The SMILES string of the molecule is CC(CCl)NC(=O)C1C2CCc3ccccc3C21. The van der Waals surface area contributed by atoms with Gasteiger partial charge in [0.2, 0.25) is 5.91 Å². The van der Waals surface area contributed by atoms with Crippen molar-refractivity contribution < 1.29 is 4.79 Å². The zero-order chi connectivity index (χ0) is 12.7. The van der Waals surface area contributed by atoms with Crippen molar-refractivity contribution in [1.29, 1.82) is 0 Å². The van der Waals surface area contributed by atoms with E-state index in [9.17, 15) is 4.79 Å². The third kappa shape index (κ3) is 1.93. The van der Waals surface area contributed by atoms with Gasteiger partial charge < -0.3 is 5.32 Å². The standard InChI is InChI=1S/C15H18ClNO/c1-9(8-16)17-15(18)14-12-7-6-10-4-2-3-5-11(10)13(12)14/h2-5,9,12-14H,6-8H2,1H3,(H,17,18). The molecule has 1 amide bonds. The summed E-state index contributed by atoms with van der Waals surface area (Å²) in [6.07, 6.45) is 2.27. The van der Waals surface area contributed by atoms with Crippen LogP contribution < -0.4 is 5.32 Å². The van der Waals surface area contributed by atoms with Gasteiger partial charge in [0.1, 0.15) is 0 Å². The Morgan fingerprint density at radius 3 is 3.06 bits per heavy atom. The van der Waals surface area contributed by atoms with Crippen LogP contribution in [0.3, 0.4) is 0 Å². The number of benzene rings is 1. The maximum atomic E-state index is 12.2. The van der Waals surface area contributed by atoms with E-state index < -0.39 is 0 Å². The summed E-state index contributed by atoms with van der Waals surface area (Å²) in [4.78, 5) is 12.2. The first-order chi connectivity index (χ1) is 8.72. The summed E-state index contributed by atoms with van der Waals surface area (Å²) in [7, 11) is 0. The Balaban J connectivity index is 1.75. The van der Waals surface area contributed by atoms with E-state index in [0.29, 0.717) is 17.7 Å². The Bertz CT molecular complexity index is 473. The van der Waals surface area contributed by atoms with E-state index in [2.05, 4.69) is 29.6 Å². The van der Waals surface area contributed by atoms with Gasteiger partial charge in [-0.05, 0) is 42.7 Å². The molecule has 1 fully saturated rings. The Morgan fingerprint density at radius 2 is 2.28 bits per heavy atom. The zero-order valence-electron chi connectivity index (χ0n) is 10.5. The molecule has 4 unspecified atom stereocenters. The number of amides is 1. The molecular formula is C15H18ClNO. The smallest absolute Gasteiger partial charge is 0.224 e. The molecule has 2 aliphatic carbocycles. The first kappa shape index (κ1) is 12.0. The number of carbonyl (C=O) groups is 1. The fourth-order valence-electron chi connectivity index (χ4n) is 3.30. The molecule has 1 saturated carbocycles. The minimum absolute atomic E-state index is 0.0667. The van der Waals surface area contributed by atoms with Gasteiger partial charge in [-0.25, -0.2) is 0 Å². The summed E-state index contributed by atoms with van der Waals surface area (Å²) < 4.78 is 0. The van der Waals surface area contributed by atoms with Crippen molar-refractivity contribution in [2.75, 3.05) is 5.88 Å². The van der Waals surface area contributed by atoms with Crippen molar-refractivity contribution in [2.45, 2.75) is 31.7 Å². The van der Waals surface area contributed by atoms with Crippen molar-refractivity contribution in [2.24, 2.45) is 11.8 Å². The molecule has 0 radical (unpaired) electrons. The maximum absolute atomic E-state index is 12.2. The van der Waals surface area contributed by atoms with Crippen molar-refractivity contribution >= 4 is 17.5 Å². The molecule has 3 heteroatoms. The Labute approximate surface area is 113 Å². The normalized spacial score (nSPS) is 30.0. The third-order valence-corrected chi connectivity index (χ3v) is 4.72. The van der Waals surface area contributed by atoms with Crippen LogP contribution in [0.25, 0.3) is 0 Å². The van der Waals surface area contributed by atoms with E-state index in [0.717, 1.165) is 12.8 Å². The molecule has 1 aromatic carbocycles. The summed E-state index contributed by atoms with van der Waals surface area (Å²) in [6.45, 7) is 1.95. The van der Waals surface area contributed by atoms with E-state index in [1.165, 1.54) is 11.1 Å². The Hall–Kier alpha value is -1.02. The molecule has 0 bridgehead atoms. The topological polar surface area (TPSA) is 29.1 Å². The Kier molecular flexibility index (Phi) is 3.06. The molecule has 0 heterocycles. The van der Waals surface area contributed by atoms with Crippen LogP contribution in [0.4, 0.5) is 0 Å². The minimum atomic E-state index is 0.0667. The second kappa shape index (κ2) is 4.58. The van der Waals surface area contributed by atoms with Crippen molar-refractivity contribution in [1.82, 2.24) is 5.32 Å². The Morgan fingerprint density at radius 1 is 1.50 bits per heavy atom. The van der Waals surface area contributed by atoms with Gasteiger partial charge in [-0.2, -0.15) is 0 Å². The summed E-state index contributed by atoms with van der Waals surface area (Å²) >= 11 is 5.74. The molecule has 3 rings (SSSR count). The highest BCUT2D eigenvalue weighted by Gasteiger charge is 2.56. The molecular weight excluding hydrogens is 246 g/mol. The number of rotatable bonds is 3. The number of halogens is 1. The van der Waals surface area contributed by atoms with E-state index in [4.69, 9.17) is 11.6 Å². The van der Waals surface area contributed by atoms with Crippen LogP contribution in [0.1, 0.15) is 30.4 Å². The first-order valence-corrected chi connectivity index (χ1v) is 7.20. The number of aryl methyl sites for hydroxylation is 1. The predicted octanol–water partition coefficient (Wildman–Crippen LogP) is 2.71. The van der Waals surface area contributed by atoms with Gasteiger partial charge in [-0.3, -0.25) is 4.79 Å². The molecule has 0 spiro atoms. The number of nitrogens with one attached hydrogen (secondary N) is 1. The van der Waals surface area contributed by atoms with E-state index in [1.807, 2.05) is 6.92 Å². The van der Waals surface area contributed by atoms with Gasteiger partial charge in [0.05, 0.1) is 0 Å². The van der Waals surface area contributed by atoms with E-state index >= 15 is 0 Å². The summed E-state index contributed by atoms with van der Waals surface area (Å²) in [5, 5.41) is 3.01. The zero-order valence-corrected chi connectivity index (χ0v) is 11.3. The lowest BCUT2D eigenvalue weighted by Crippen LogP contribution is -2.35. The molecule has 1 aromatic rings. The van der Waals surface area contributed by atoms with Crippen LogP contribution in [0.2, 0.25) is 0 Å². The summed E-state index contributed by atoms with van der Waals surface area (Å²) in [5.41, 5.74) is 2.83. The van der Waals surface area contributed by atoms with Crippen LogP contribution in [0, 0.1) is 11.8 Å². The molecule has 1 N–H and O–H groups in total. The average Bonchev–Trinajstić information content (AvgIpc) is 3.13. The lowest BCUT2D eigenvalue weighted by molar-refractivity contribution is -0.123. The molecule has 2 nitrogen and oxygen atoms in total.